The van der Waals surface area contributed by atoms with Crippen LogP contribution in [0.5, 0.6) is 5.75 Å². The fraction of sp³-hybridized carbons (Fsp3) is 0.158. The van der Waals surface area contributed by atoms with Crippen molar-refractivity contribution in [3.8, 4) is 5.75 Å². The molecule has 1 heterocycles. The van der Waals surface area contributed by atoms with Gasteiger partial charge in [-0.2, -0.15) is 5.10 Å². The zero-order chi connectivity index (χ0) is 17.8. The van der Waals surface area contributed by atoms with Crippen LogP contribution in [0.2, 0.25) is 0 Å². The van der Waals surface area contributed by atoms with Crippen LogP contribution in [0.1, 0.15) is 21.6 Å². The highest BCUT2D eigenvalue weighted by molar-refractivity contribution is 6.03. The Kier molecular flexibility index (Phi) is 4.79. The lowest BCUT2D eigenvalue weighted by atomic mass is 10.1. The summed E-state index contributed by atoms with van der Waals surface area (Å²) >= 11 is 0. The number of nitrogens with one attached hydrogen (secondary N) is 1. The zero-order valence-corrected chi connectivity index (χ0v) is 14.0. The SMILES string of the molecule is Cc1ccc(C)c(NC(=O)c2ccn(COc3ccc(F)cc3)n2)c1. The number of carbonyl (C=O) groups excluding carboxylic acids is 1. The first kappa shape index (κ1) is 16.7. The quantitative estimate of drug-likeness (QED) is 0.766. The van der Waals surface area contributed by atoms with Crippen molar-refractivity contribution in [1.82, 2.24) is 9.78 Å². The molecule has 5 nitrogen and oxygen atoms in total. The van der Waals surface area contributed by atoms with Gasteiger partial charge in [-0.1, -0.05) is 12.1 Å². The molecule has 0 unspecified atom stereocenters. The number of amides is 1. The lowest BCUT2D eigenvalue weighted by Gasteiger charge is -2.08. The van der Waals surface area contributed by atoms with Crippen LogP contribution < -0.4 is 10.1 Å². The second kappa shape index (κ2) is 7.17. The Labute approximate surface area is 145 Å². The van der Waals surface area contributed by atoms with Crippen molar-refractivity contribution in [2.45, 2.75) is 20.6 Å². The fourth-order valence-electron chi connectivity index (χ4n) is 2.28. The zero-order valence-electron chi connectivity index (χ0n) is 14.0. The lowest BCUT2D eigenvalue weighted by molar-refractivity contribution is 0.102. The Hall–Kier alpha value is -3.15. The number of ether oxygens (including phenoxy) is 1. The predicted octanol–water partition coefficient (Wildman–Crippen LogP) is 3.93. The van der Waals surface area contributed by atoms with Crippen LogP contribution in [-0.4, -0.2) is 15.7 Å². The van der Waals surface area contributed by atoms with Crippen molar-refractivity contribution < 1.29 is 13.9 Å². The molecule has 6 heteroatoms. The van der Waals surface area contributed by atoms with Crippen LogP contribution in [-0.2, 0) is 6.73 Å². The maximum Gasteiger partial charge on any atom is 0.276 e. The van der Waals surface area contributed by atoms with E-state index in [4.69, 9.17) is 4.74 Å². The van der Waals surface area contributed by atoms with Crippen molar-refractivity contribution in [3.63, 3.8) is 0 Å². The van der Waals surface area contributed by atoms with E-state index >= 15 is 0 Å². The Balaban J connectivity index is 1.63. The van der Waals surface area contributed by atoms with Gasteiger partial charge in [0.25, 0.3) is 5.91 Å². The smallest absolute Gasteiger partial charge is 0.276 e. The molecule has 2 aromatic carbocycles. The van der Waals surface area contributed by atoms with Crippen molar-refractivity contribution >= 4 is 11.6 Å². The third-order valence-electron chi connectivity index (χ3n) is 3.69. The van der Waals surface area contributed by atoms with Crippen LogP contribution >= 0.6 is 0 Å². The Morgan fingerprint density at radius 1 is 1.16 bits per heavy atom. The van der Waals surface area contributed by atoms with Crippen LogP contribution in [0.15, 0.2) is 54.7 Å². The van der Waals surface area contributed by atoms with Gasteiger partial charge in [0.1, 0.15) is 11.6 Å². The summed E-state index contributed by atoms with van der Waals surface area (Å²) < 4.78 is 19.9. The highest BCUT2D eigenvalue weighted by Gasteiger charge is 2.11. The molecule has 0 spiro atoms. The summed E-state index contributed by atoms with van der Waals surface area (Å²) in [6.07, 6.45) is 1.65. The summed E-state index contributed by atoms with van der Waals surface area (Å²) in [5.41, 5.74) is 3.11. The third kappa shape index (κ3) is 4.23. The number of rotatable bonds is 5. The molecule has 0 saturated carbocycles. The van der Waals surface area contributed by atoms with Gasteiger partial charge in [0, 0.05) is 11.9 Å². The van der Waals surface area contributed by atoms with E-state index in [1.54, 1.807) is 12.3 Å². The van der Waals surface area contributed by atoms with Crippen molar-refractivity contribution in [2.75, 3.05) is 5.32 Å². The second-order valence-electron chi connectivity index (χ2n) is 5.74. The average molecular weight is 339 g/mol. The van der Waals surface area contributed by atoms with Crippen molar-refractivity contribution in [1.29, 1.82) is 0 Å². The highest BCUT2D eigenvalue weighted by Crippen LogP contribution is 2.17. The topological polar surface area (TPSA) is 56.2 Å². The normalized spacial score (nSPS) is 10.5. The third-order valence-corrected chi connectivity index (χ3v) is 3.69. The summed E-state index contributed by atoms with van der Waals surface area (Å²) in [7, 11) is 0. The van der Waals surface area contributed by atoms with E-state index in [1.165, 1.54) is 28.9 Å². The van der Waals surface area contributed by atoms with E-state index in [2.05, 4.69) is 10.4 Å². The first-order chi connectivity index (χ1) is 12.0. The van der Waals surface area contributed by atoms with Gasteiger partial charge in [0.15, 0.2) is 12.4 Å². The molecule has 25 heavy (non-hydrogen) atoms. The van der Waals surface area contributed by atoms with Gasteiger partial charge in [0.2, 0.25) is 0 Å². The first-order valence-electron chi connectivity index (χ1n) is 7.82. The average Bonchev–Trinajstić information content (AvgIpc) is 3.07. The number of hydrogen-bond donors (Lipinski definition) is 1. The van der Waals surface area contributed by atoms with Gasteiger partial charge in [-0.15, -0.1) is 0 Å². The monoisotopic (exact) mass is 339 g/mol. The summed E-state index contributed by atoms with van der Waals surface area (Å²) in [4.78, 5) is 12.3. The molecule has 0 aliphatic carbocycles. The predicted molar refractivity (Wildman–Crippen MR) is 93.1 cm³/mol. The molecule has 0 atom stereocenters. The maximum atomic E-state index is 12.9. The van der Waals surface area contributed by atoms with Gasteiger partial charge in [0.05, 0.1) is 0 Å². The van der Waals surface area contributed by atoms with Crippen LogP contribution in [0.4, 0.5) is 10.1 Å². The Morgan fingerprint density at radius 2 is 1.92 bits per heavy atom. The molecule has 0 aliphatic rings. The summed E-state index contributed by atoms with van der Waals surface area (Å²) in [6, 6.07) is 13.2. The number of nitrogens with zero attached hydrogens (tertiary/aromatic N) is 2. The van der Waals surface area contributed by atoms with E-state index < -0.39 is 0 Å². The lowest BCUT2D eigenvalue weighted by Crippen LogP contribution is -2.15. The molecule has 1 amide bonds. The summed E-state index contributed by atoms with van der Waals surface area (Å²) in [5, 5.41) is 7.06. The minimum atomic E-state index is -0.322. The van der Waals surface area contributed by atoms with Crippen molar-refractivity contribution in [2.24, 2.45) is 0 Å². The number of anilines is 1. The minimum Gasteiger partial charge on any atom is -0.471 e. The molecule has 1 aromatic heterocycles. The molecule has 0 saturated heterocycles. The molecular weight excluding hydrogens is 321 g/mol. The van der Waals surface area contributed by atoms with Crippen LogP contribution in [0, 0.1) is 19.7 Å². The first-order valence-corrected chi connectivity index (χ1v) is 7.82. The minimum absolute atomic E-state index is 0.127. The summed E-state index contributed by atoms with van der Waals surface area (Å²) in [6.45, 7) is 4.03. The van der Waals surface area contributed by atoms with Gasteiger partial charge in [-0.05, 0) is 61.4 Å². The highest BCUT2D eigenvalue weighted by atomic mass is 19.1. The molecule has 0 bridgehead atoms. The number of aromatic nitrogens is 2. The molecule has 1 N–H and O–H groups in total. The van der Waals surface area contributed by atoms with E-state index in [0.29, 0.717) is 11.4 Å². The van der Waals surface area contributed by atoms with Gasteiger partial charge in [-0.25, -0.2) is 9.07 Å². The molecule has 0 aliphatic heterocycles. The van der Waals surface area contributed by atoms with Crippen LogP contribution in [0.25, 0.3) is 0 Å². The number of halogens is 1. The standard InChI is InChI=1S/C19H18FN3O2/c1-13-3-4-14(2)18(11-13)21-19(24)17-9-10-23(22-17)12-25-16-7-5-15(20)6-8-16/h3-11H,12H2,1-2H3,(H,21,24). The molecule has 0 fully saturated rings. The second-order valence-corrected chi connectivity index (χ2v) is 5.74. The van der Waals surface area contributed by atoms with E-state index in [-0.39, 0.29) is 18.5 Å². The molecule has 3 aromatic rings. The van der Waals surface area contributed by atoms with E-state index in [0.717, 1.165) is 16.8 Å². The van der Waals surface area contributed by atoms with E-state index in [1.807, 2.05) is 32.0 Å². The van der Waals surface area contributed by atoms with Crippen molar-refractivity contribution in [3.05, 3.63) is 77.4 Å². The largest absolute Gasteiger partial charge is 0.471 e. The van der Waals surface area contributed by atoms with Gasteiger partial charge in [-0.3, -0.25) is 4.79 Å². The molecule has 128 valence electrons. The van der Waals surface area contributed by atoms with Gasteiger partial charge < -0.3 is 10.1 Å². The van der Waals surface area contributed by atoms with Crippen LogP contribution in [0.3, 0.4) is 0 Å². The number of hydrogen-bond acceptors (Lipinski definition) is 3. The molecule has 0 radical (unpaired) electrons. The van der Waals surface area contributed by atoms with Gasteiger partial charge >= 0.3 is 0 Å². The van der Waals surface area contributed by atoms with E-state index in [9.17, 15) is 9.18 Å². The fourth-order valence-corrected chi connectivity index (χ4v) is 2.28. The Morgan fingerprint density at radius 3 is 2.68 bits per heavy atom. The Bertz CT molecular complexity index is 888. The number of carbonyl (C=O) groups is 1. The summed E-state index contributed by atoms with van der Waals surface area (Å²) in [5.74, 6) is -0.0793. The number of benzene rings is 2. The number of aryl methyl sites for hydroxylation is 2. The molecular formula is C19H18FN3O2. The molecule has 3 rings (SSSR count). The maximum absolute atomic E-state index is 12.9.